The zero-order valence-electron chi connectivity index (χ0n) is 14.2. The maximum absolute atomic E-state index is 12.0. The number of nitrogens with zero attached hydrogens (tertiary/aromatic N) is 1. The van der Waals surface area contributed by atoms with Gasteiger partial charge in [0.1, 0.15) is 5.75 Å². The van der Waals surface area contributed by atoms with Gasteiger partial charge in [-0.1, -0.05) is 44.5 Å². The molecule has 0 heterocycles. The Morgan fingerprint density at radius 2 is 1.84 bits per heavy atom. The molecule has 0 aromatic heterocycles. The third-order valence-electron chi connectivity index (χ3n) is 3.53. The standard InChI is InChI=1S/C18H19ClN2O4/c1-18(2,3)12-4-7-14(8-5-12)25-11-17(22)20-16-10-13(21(23)24)6-9-15(16)19/h4-10H,11H2,1-3H3,(H,20,22). The van der Waals surface area contributed by atoms with Crippen LogP contribution < -0.4 is 10.1 Å². The summed E-state index contributed by atoms with van der Waals surface area (Å²) in [5.74, 6) is 0.107. The van der Waals surface area contributed by atoms with Crippen LogP contribution in [0.1, 0.15) is 26.3 Å². The molecule has 2 aromatic carbocycles. The van der Waals surface area contributed by atoms with E-state index in [0.717, 1.165) is 5.56 Å². The van der Waals surface area contributed by atoms with Crippen molar-refractivity contribution in [3.8, 4) is 5.75 Å². The number of nitro groups is 1. The number of nitro benzene ring substituents is 1. The molecule has 1 N–H and O–H groups in total. The van der Waals surface area contributed by atoms with Gasteiger partial charge in [0.05, 0.1) is 15.6 Å². The molecule has 0 aliphatic rings. The zero-order chi connectivity index (χ0) is 18.6. The van der Waals surface area contributed by atoms with E-state index in [0.29, 0.717) is 5.75 Å². The molecule has 0 bridgehead atoms. The SMILES string of the molecule is CC(C)(C)c1ccc(OCC(=O)Nc2cc([N+](=O)[O-])ccc2Cl)cc1. The topological polar surface area (TPSA) is 81.5 Å². The summed E-state index contributed by atoms with van der Waals surface area (Å²) in [5.41, 5.74) is 1.22. The van der Waals surface area contributed by atoms with Crippen LogP contribution >= 0.6 is 11.6 Å². The molecule has 0 atom stereocenters. The number of non-ortho nitro benzene ring substituents is 1. The number of amides is 1. The van der Waals surface area contributed by atoms with Crippen LogP contribution in [-0.2, 0) is 10.2 Å². The number of carbonyl (C=O) groups excluding carboxylic acids is 1. The summed E-state index contributed by atoms with van der Waals surface area (Å²) in [7, 11) is 0. The monoisotopic (exact) mass is 362 g/mol. The van der Waals surface area contributed by atoms with E-state index in [1.165, 1.54) is 18.2 Å². The fraction of sp³-hybridized carbons (Fsp3) is 0.278. The predicted molar refractivity (Wildman–Crippen MR) is 97.4 cm³/mol. The number of rotatable bonds is 5. The molecule has 0 saturated heterocycles. The van der Waals surface area contributed by atoms with E-state index in [1.54, 1.807) is 12.1 Å². The Morgan fingerprint density at radius 1 is 1.20 bits per heavy atom. The van der Waals surface area contributed by atoms with Crippen molar-refractivity contribution in [1.29, 1.82) is 0 Å². The molecule has 0 aliphatic heterocycles. The smallest absolute Gasteiger partial charge is 0.271 e. The summed E-state index contributed by atoms with van der Waals surface area (Å²) in [5, 5.41) is 13.5. The Labute approximate surface area is 150 Å². The van der Waals surface area contributed by atoms with Crippen LogP contribution in [0.5, 0.6) is 5.75 Å². The van der Waals surface area contributed by atoms with E-state index in [4.69, 9.17) is 16.3 Å². The average molecular weight is 363 g/mol. The molecule has 2 aromatic rings. The van der Waals surface area contributed by atoms with Crippen LogP contribution in [0.15, 0.2) is 42.5 Å². The van der Waals surface area contributed by atoms with Crippen molar-refractivity contribution in [3.05, 3.63) is 63.2 Å². The number of hydrogen-bond donors (Lipinski definition) is 1. The molecular weight excluding hydrogens is 344 g/mol. The molecule has 132 valence electrons. The second kappa shape index (κ2) is 7.53. The average Bonchev–Trinajstić information content (AvgIpc) is 2.54. The van der Waals surface area contributed by atoms with Crippen LogP contribution in [0.3, 0.4) is 0 Å². The maximum Gasteiger partial charge on any atom is 0.271 e. The number of hydrogen-bond acceptors (Lipinski definition) is 4. The Bertz CT molecular complexity index is 783. The van der Waals surface area contributed by atoms with Gasteiger partial charge in [-0.15, -0.1) is 0 Å². The first-order valence-electron chi connectivity index (χ1n) is 7.64. The van der Waals surface area contributed by atoms with Gasteiger partial charge in [-0.3, -0.25) is 14.9 Å². The molecule has 25 heavy (non-hydrogen) atoms. The van der Waals surface area contributed by atoms with Crippen molar-refractivity contribution in [2.24, 2.45) is 0 Å². The van der Waals surface area contributed by atoms with Crippen molar-refractivity contribution in [2.75, 3.05) is 11.9 Å². The van der Waals surface area contributed by atoms with E-state index < -0.39 is 10.8 Å². The van der Waals surface area contributed by atoms with Crippen molar-refractivity contribution in [2.45, 2.75) is 26.2 Å². The minimum Gasteiger partial charge on any atom is -0.484 e. The van der Waals surface area contributed by atoms with Gasteiger partial charge in [0.25, 0.3) is 11.6 Å². The summed E-state index contributed by atoms with van der Waals surface area (Å²) in [4.78, 5) is 22.2. The lowest BCUT2D eigenvalue weighted by molar-refractivity contribution is -0.384. The van der Waals surface area contributed by atoms with Gasteiger partial charge >= 0.3 is 0 Å². The quantitative estimate of drug-likeness (QED) is 0.624. The summed E-state index contributed by atoms with van der Waals surface area (Å²) >= 11 is 5.94. The highest BCUT2D eigenvalue weighted by Crippen LogP contribution is 2.27. The lowest BCUT2D eigenvalue weighted by Crippen LogP contribution is -2.20. The van der Waals surface area contributed by atoms with E-state index >= 15 is 0 Å². The number of anilines is 1. The van der Waals surface area contributed by atoms with E-state index in [9.17, 15) is 14.9 Å². The molecule has 0 spiro atoms. The van der Waals surface area contributed by atoms with Crippen molar-refractivity contribution < 1.29 is 14.5 Å². The normalized spacial score (nSPS) is 11.0. The molecule has 0 aliphatic carbocycles. The predicted octanol–water partition coefficient (Wildman–Crippen LogP) is 4.56. The van der Waals surface area contributed by atoms with Gasteiger partial charge in [0.2, 0.25) is 0 Å². The highest BCUT2D eigenvalue weighted by atomic mass is 35.5. The molecule has 0 saturated carbocycles. The highest BCUT2D eigenvalue weighted by molar-refractivity contribution is 6.33. The van der Waals surface area contributed by atoms with Gasteiger partial charge in [-0.2, -0.15) is 0 Å². The van der Waals surface area contributed by atoms with Crippen LogP contribution in [0, 0.1) is 10.1 Å². The molecule has 0 radical (unpaired) electrons. The third-order valence-corrected chi connectivity index (χ3v) is 3.85. The second-order valence-electron chi connectivity index (χ2n) is 6.53. The minimum atomic E-state index is -0.556. The summed E-state index contributed by atoms with van der Waals surface area (Å²) in [6, 6.07) is 11.3. The van der Waals surface area contributed by atoms with Crippen LogP contribution in [0.25, 0.3) is 0 Å². The van der Waals surface area contributed by atoms with Gasteiger partial charge < -0.3 is 10.1 Å². The zero-order valence-corrected chi connectivity index (χ0v) is 15.0. The summed E-state index contributed by atoms with van der Waals surface area (Å²) in [6.45, 7) is 6.10. The number of halogens is 1. The Kier molecular flexibility index (Phi) is 5.64. The van der Waals surface area contributed by atoms with Crippen molar-refractivity contribution in [3.63, 3.8) is 0 Å². The molecule has 1 amide bonds. The first-order chi connectivity index (χ1) is 11.7. The number of nitrogens with one attached hydrogen (secondary N) is 1. The number of carbonyl (C=O) groups is 1. The molecule has 0 unspecified atom stereocenters. The minimum absolute atomic E-state index is 0.0364. The largest absolute Gasteiger partial charge is 0.484 e. The van der Waals surface area contributed by atoms with Gasteiger partial charge in [-0.25, -0.2) is 0 Å². The summed E-state index contributed by atoms with van der Waals surface area (Å²) in [6.07, 6.45) is 0. The highest BCUT2D eigenvalue weighted by Gasteiger charge is 2.14. The Hall–Kier alpha value is -2.60. The lowest BCUT2D eigenvalue weighted by Gasteiger charge is -2.19. The van der Waals surface area contributed by atoms with E-state index in [1.807, 2.05) is 12.1 Å². The Morgan fingerprint density at radius 3 is 2.40 bits per heavy atom. The van der Waals surface area contributed by atoms with E-state index in [-0.39, 0.29) is 28.4 Å². The van der Waals surface area contributed by atoms with Gasteiger partial charge in [0.15, 0.2) is 6.61 Å². The maximum atomic E-state index is 12.0. The van der Waals surface area contributed by atoms with Crippen LogP contribution in [0.2, 0.25) is 5.02 Å². The van der Waals surface area contributed by atoms with Gasteiger partial charge in [0, 0.05) is 12.1 Å². The van der Waals surface area contributed by atoms with Crippen molar-refractivity contribution >= 4 is 28.9 Å². The fourth-order valence-electron chi connectivity index (χ4n) is 2.11. The van der Waals surface area contributed by atoms with E-state index in [2.05, 4.69) is 26.1 Å². The van der Waals surface area contributed by atoms with Crippen LogP contribution in [-0.4, -0.2) is 17.4 Å². The van der Waals surface area contributed by atoms with Crippen LogP contribution in [0.4, 0.5) is 11.4 Å². The van der Waals surface area contributed by atoms with Crippen molar-refractivity contribution in [1.82, 2.24) is 0 Å². The lowest BCUT2D eigenvalue weighted by atomic mass is 9.87. The molecule has 7 heteroatoms. The second-order valence-corrected chi connectivity index (χ2v) is 6.94. The first-order valence-corrected chi connectivity index (χ1v) is 8.02. The fourth-order valence-corrected chi connectivity index (χ4v) is 2.27. The Balaban J connectivity index is 1.97. The molecular formula is C18H19ClN2O4. The molecule has 6 nitrogen and oxygen atoms in total. The number of ether oxygens (including phenoxy) is 1. The molecule has 2 rings (SSSR count). The first kappa shape index (κ1) is 18.7. The van der Waals surface area contributed by atoms with Gasteiger partial charge in [-0.05, 0) is 29.2 Å². The summed E-state index contributed by atoms with van der Waals surface area (Å²) < 4.78 is 5.44. The molecule has 0 fully saturated rings. The third kappa shape index (κ3) is 5.19. The number of benzene rings is 2.